The highest BCUT2D eigenvalue weighted by Crippen LogP contribution is 2.60. The number of nitriles is 1. The van der Waals surface area contributed by atoms with Crippen molar-refractivity contribution in [2.24, 2.45) is 17.3 Å². The molecule has 28 heavy (non-hydrogen) atoms. The number of allylic oxidation sites excluding steroid dienone is 2. The molecule has 5 heteroatoms. The van der Waals surface area contributed by atoms with Gasteiger partial charge in [-0.25, -0.2) is 0 Å². The van der Waals surface area contributed by atoms with Gasteiger partial charge in [-0.3, -0.25) is 4.79 Å². The lowest BCUT2D eigenvalue weighted by Gasteiger charge is -2.13. The monoisotopic (exact) mass is 439 g/mol. The van der Waals surface area contributed by atoms with Crippen LogP contribution in [0.1, 0.15) is 32.4 Å². The van der Waals surface area contributed by atoms with Crippen molar-refractivity contribution in [3.05, 3.63) is 70.7 Å². The van der Waals surface area contributed by atoms with Crippen molar-refractivity contribution >= 4 is 21.9 Å². The molecule has 0 aromatic heterocycles. The molecule has 0 bridgehead atoms. The second-order valence-corrected chi connectivity index (χ2v) is 8.76. The number of hydrogen-bond acceptors (Lipinski definition) is 4. The van der Waals surface area contributed by atoms with Gasteiger partial charge in [0.2, 0.25) is 6.10 Å². The normalized spacial score (nSPS) is 21.3. The summed E-state index contributed by atoms with van der Waals surface area (Å²) in [6.07, 6.45) is 1.06. The van der Waals surface area contributed by atoms with Gasteiger partial charge in [0.1, 0.15) is 17.6 Å². The number of carbonyl (C=O) groups excluding carboxylic acids is 1. The van der Waals surface area contributed by atoms with Gasteiger partial charge in [0.15, 0.2) is 0 Å². The van der Waals surface area contributed by atoms with E-state index in [1.165, 1.54) is 0 Å². The average Bonchev–Trinajstić information content (AvgIpc) is 3.20. The van der Waals surface area contributed by atoms with Crippen LogP contribution in [0.2, 0.25) is 0 Å². The molecule has 1 aliphatic rings. The molecule has 144 valence electrons. The van der Waals surface area contributed by atoms with Crippen molar-refractivity contribution in [3.8, 4) is 17.6 Å². The Kier molecular flexibility index (Phi) is 5.90. The Labute approximate surface area is 173 Å². The van der Waals surface area contributed by atoms with E-state index < -0.39 is 6.10 Å². The van der Waals surface area contributed by atoms with E-state index in [1.54, 1.807) is 24.3 Å². The quantitative estimate of drug-likeness (QED) is 0.505. The molecule has 3 atom stereocenters. The van der Waals surface area contributed by atoms with E-state index in [0.29, 0.717) is 17.1 Å². The fourth-order valence-corrected chi connectivity index (χ4v) is 3.70. The lowest BCUT2D eigenvalue weighted by Crippen LogP contribution is -2.14. The van der Waals surface area contributed by atoms with Crippen molar-refractivity contribution < 1.29 is 14.3 Å². The number of para-hydroxylation sites is 1. The molecule has 1 aliphatic carbocycles. The number of halogens is 1. The van der Waals surface area contributed by atoms with Gasteiger partial charge in [-0.2, -0.15) is 5.26 Å². The molecule has 0 amide bonds. The van der Waals surface area contributed by atoms with Crippen LogP contribution in [0.3, 0.4) is 0 Å². The van der Waals surface area contributed by atoms with Crippen LogP contribution in [0, 0.1) is 28.6 Å². The van der Waals surface area contributed by atoms with Crippen molar-refractivity contribution in [3.63, 3.8) is 0 Å². The average molecular weight is 440 g/mol. The Hall–Kier alpha value is -2.58. The van der Waals surface area contributed by atoms with Crippen molar-refractivity contribution in [1.82, 2.24) is 0 Å². The third-order valence-electron chi connectivity index (χ3n) is 5.06. The maximum Gasteiger partial charge on any atom is 0.311 e. The van der Waals surface area contributed by atoms with Crippen LogP contribution in [0.15, 0.2) is 65.2 Å². The number of carbonyl (C=O) groups is 1. The Balaban J connectivity index is 1.72. The second kappa shape index (κ2) is 8.20. The first-order valence-corrected chi connectivity index (χ1v) is 9.89. The molecular formula is C23H22BrNO3. The second-order valence-electron chi connectivity index (χ2n) is 7.51. The molecule has 4 nitrogen and oxygen atoms in total. The third-order valence-corrected chi connectivity index (χ3v) is 5.33. The third kappa shape index (κ3) is 4.45. The highest BCUT2D eigenvalue weighted by Gasteiger charge is 2.61. The highest BCUT2D eigenvalue weighted by atomic mass is 79.9. The van der Waals surface area contributed by atoms with Gasteiger partial charge in [0, 0.05) is 5.56 Å². The molecule has 0 saturated heterocycles. The van der Waals surface area contributed by atoms with E-state index in [-0.39, 0.29) is 23.2 Å². The van der Waals surface area contributed by atoms with Crippen LogP contribution in [0.25, 0.3) is 0 Å². The molecule has 1 fully saturated rings. The number of ether oxygens (including phenoxy) is 2. The first-order chi connectivity index (χ1) is 13.3. The molecule has 0 spiro atoms. The lowest BCUT2D eigenvalue weighted by atomic mass is 10.1. The predicted octanol–water partition coefficient (Wildman–Crippen LogP) is 6.16. The summed E-state index contributed by atoms with van der Waals surface area (Å²) in [5, 5.41) is 9.57. The minimum absolute atomic E-state index is 0.103. The molecular weight excluding hydrogens is 418 g/mol. The summed E-state index contributed by atoms with van der Waals surface area (Å²) in [4.78, 5) is 12.7. The molecule has 0 N–H and O–H groups in total. The Bertz CT molecular complexity index is 926. The number of esters is 1. The number of hydrogen-bond donors (Lipinski definition) is 0. The zero-order valence-electron chi connectivity index (χ0n) is 16.1. The SMILES string of the molecule is CC(Br)=CC1C(C(=O)OC(C#N)c2cccc(Oc3ccccc3)c2)C1(C)C. The zero-order valence-corrected chi connectivity index (χ0v) is 17.6. The standard InChI is InChI=1S/C23H22BrNO3/c1-15(24)12-19-21(23(19,2)3)22(26)28-20(14-25)16-8-7-11-18(13-16)27-17-9-5-4-6-10-17/h4-13,19-21H,1-3H3. The smallest absolute Gasteiger partial charge is 0.311 e. The van der Waals surface area contributed by atoms with Gasteiger partial charge in [-0.1, -0.05) is 66.2 Å². The van der Waals surface area contributed by atoms with Crippen LogP contribution in [0.4, 0.5) is 0 Å². The van der Waals surface area contributed by atoms with Gasteiger partial charge in [0.05, 0.1) is 5.92 Å². The van der Waals surface area contributed by atoms with Crippen molar-refractivity contribution in [2.75, 3.05) is 0 Å². The Morgan fingerprint density at radius 2 is 1.86 bits per heavy atom. The van der Waals surface area contributed by atoms with E-state index >= 15 is 0 Å². The van der Waals surface area contributed by atoms with Gasteiger partial charge in [-0.05, 0) is 47.0 Å². The van der Waals surface area contributed by atoms with E-state index in [0.717, 1.165) is 4.48 Å². The minimum atomic E-state index is -0.974. The van der Waals surface area contributed by atoms with Gasteiger partial charge in [0.25, 0.3) is 0 Å². The van der Waals surface area contributed by atoms with Gasteiger partial charge in [-0.15, -0.1) is 0 Å². The van der Waals surface area contributed by atoms with Crippen LogP contribution in [-0.2, 0) is 9.53 Å². The van der Waals surface area contributed by atoms with E-state index in [1.807, 2.05) is 57.2 Å². The number of nitrogens with zero attached hydrogens (tertiary/aromatic N) is 1. The molecule has 1 saturated carbocycles. The predicted molar refractivity (Wildman–Crippen MR) is 111 cm³/mol. The van der Waals surface area contributed by atoms with Crippen LogP contribution < -0.4 is 4.74 Å². The Morgan fingerprint density at radius 1 is 1.18 bits per heavy atom. The first-order valence-electron chi connectivity index (χ1n) is 9.10. The fraction of sp³-hybridized carbons (Fsp3) is 0.304. The summed E-state index contributed by atoms with van der Waals surface area (Å²) in [6.45, 7) is 6.00. The summed E-state index contributed by atoms with van der Waals surface area (Å²) in [6, 6.07) is 18.5. The summed E-state index contributed by atoms with van der Waals surface area (Å²) in [7, 11) is 0. The van der Waals surface area contributed by atoms with Crippen molar-refractivity contribution in [1.29, 1.82) is 5.26 Å². The zero-order chi connectivity index (χ0) is 20.3. The summed E-state index contributed by atoms with van der Waals surface area (Å²) in [5.41, 5.74) is 0.413. The van der Waals surface area contributed by atoms with Gasteiger partial charge < -0.3 is 9.47 Å². The largest absolute Gasteiger partial charge is 0.457 e. The molecule has 2 aromatic rings. The molecule has 2 aromatic carbocycles. The summed E-state index contributed by atoms with van der Waals surface area (Å²) < 4.78 is 12.4. The molecule has 0 heterocycles. The first kappa shape index (κ1) is 20.2. The maximum atomic E-state index is 12.7. The fourth-order valence-electron chi connectivity index (χ4n) is 3.41. The van der Waals surface area contributed by atoms with E-state index in [4.69, 9.17) is 9.47 Å². The topological polar surface area (TPSA) is 59.3 Å². The Morgan fingerprint density at radius 3 is 2.50 bits per heavy atom. The molecule has 0 aliphatic heterocycles. The summed E-state index contributed by atoms with van der Waals surface area (Å²) >= 11 is 3.42. The number of benzene rings is 2. The maximum absolute atomic E-state index is 12.7. The summed E-state index contributed by atoms with van der Waals surface area (Å²) in [5.74, 6) is 0.791. The minimum Gasteiger partial charge on any atom is -0.457 e. The molecule has 3 rings (SSSR count). The van der Waals surface area contributed by atoms with E-state index in [2.05, 4.69) is 22.0 Å². The number of rotatable bonds is 6. The van der Waals surface area contributed by atoms with Gasteiger partial charge >= 0.3 is 5.97 Å². The molecule has 0 radical (unpaired) electrons. The molecule has 3 unspecified atom stereocenters. The van der Waals surface area contributed by atoms with Crippen LogP contribution in [0.5, 0.6) is 11.5 Å². The van der Waals surface area contributed by atoms with Crippen LogP contribution in [-0.4, -0.2) is 5.97 Å². The van der Waals surface area contributed by atoms with Crippen LogP contribution >= 0.6 is 15.9 Å². The van der Waals surface area contributed by atoms with Crippen molar-refractivity contribution in [2.45, 2.75) is 26.9 Å². The lowest BCUT2D eigenvalue weighted by molar-refractivity contribution is -0.149. The van der Waals surface area contributed by atoms with E-state index in [9.17, 15) is 10.1 Å². The highest BCUT2D eigenvalue weighted by molar-refractivity contribution is 9.11.